The van der Waals surface area contributed by atoms with E-state index in [0.717, 1.165) is 4.47 Å². The van der Waals surface area contributed by atoms with Gasteiger partial charge < -0.3 is 5.73 Å². The van der Waals surface area contributed by atoms with Crippen LogP contribution in [0.2, 0.25) is 0 Å². The molecule has 0 saturated heterocycles. The topological polar surface area (TPSA) is 26.0 Å². The number of rotatable bonds is 2. The minimum absolute atomic E-state index is 0.396. The molecular weight excluding hydrogens is 250 g/mol. The van der Waals surface area contributed by atoms with Gasteiger partial charge in [-0.3, -0.25) is 0 Å². The number of fused-ring (bicyclic) bond motifs is 1. The Morgan fingerprint density at radius 2 is 1.87 bits per heavy atom. The van der Waals surface area contributed by atoms with E-state index in [1.165, 1.54) is 16.3 Å². The Balaban J connectivity index is 2.74. The second-order valence-corrected chi connectivity index (χ2v) is 4.68. The molecule has 0 heterocycles. The van der Waals surface area contributed by atoms with Crippen molar-refractivity contribution < 1.29 is 0 Å². The number of hydrogen-bond donors (Lipinski definition) is 1. The lowest BCUT2D eigenvalue weighted by Crippen LogP contribution is -2.09. The van der Waals surface area contributed by atoms with Crippen molar-refractivity contribution in [1.29, 1.82) is 0 Å². The summed E-state index contributed by atoms with van der Waals surface area (Å²) in [4.78, 5) is 0. The summed E-state index contributed by atoms with van der Waals surface area (Å²) in [5.74, 6) is 0.396. The SMILES string of the molecule is CC(CN)c1cccc2cccc(Br)c12. The summed E-state index contributed by atoms with van der Waals surface area (Å²) < 4.78 is 1.15. The van der Waals surface area contributed by atoms with Crippen LogP contribution in [-0.2, 0) is 0 Å². The summed E-state index contributed by atoms with van der Waals surface area (Å²) in [6, 6.07) is 12.7. The van der Waals surface area contributed by atoms with Crippen molar-refractivity contribution in [3.8, 4) is 0 Å². The average molecular weight is 264 g/mol. The molecule has 0 aliphatic rings. The number of benzene rings is 2. The van der Waals surface area contributed by atoms with E-state index in [0.29, 0.717) is 12.5 Å². The standard InChI is InChI=1S/C13H14BrN/c1-9(8-15)11-6-2-4-10-5-3-7-12(14)13(10)11/h2-7,9H,8,15H2,1H3. The van der Waals surface area contributed by atoms with Gasteiger partial charge in [-0.2, -0.15) is 0 Å². The minimum Gasteiger partial charge on any atom is -0.330 e. The molecule has 2 N–H and O–H groups in total. The van der Waals surface area contributed by atoms with Crippen LogP contribution in [0.1, 0.15) is 18.4 Å². The molecule has 1 nitrogen and oxygen atoms in total. The van der Waals surface area contributed by atoms with Crippen molar-refractivity contribution in [1.82, 2.24) is 0 Å². The smallest absolute Gasteiger partial charge is 0.0256 e. The first-order chi connectivity index (χ1) is 7.24. The van der Waals surface area contributed by atoms with E-state index in [1.807, 2.05) is 0 Å². The third-order valence-corrected chi connectivity index (χ3v) is 3.43. The normalized spacial score (nSPS) is 13.0. The average Bonchev–Trinajstić information content (AvgIpc) is 2.28. The Kier molecular flexibility index (Phi) is 3.08. The third kappa shape index (κ3) is 1.92. The molecule has 1 unspecified atom stereocenters. The van der Waals surface area contributed by atoms with Crippen LogP contribution in [0.3, 0.4) is 0 Å². The Hall–Kier alpha value is -0.860. The fourth-order valence-electron chi connectivity index (χ4n) is 1.86. The van der Waals surface area contributed by atoms with Gasteiger partial charge in [0.25, 0.3) is 0 Å². The number of nitrogens with two attached hydrogens (primary N) is 1. The molecule has 2 aromatic carbocycles. The second kappa shape index (κ2) is 4.33. The molecule has 0 bridgehead atoms. The first-order valence-corrected chi connectivity index (χ1v) is 5.90. The van der Waals surface area contributed by atoms with Crippen LogP contribution in [0.4, 0.5) is 0 Å². The molecule has 0 radical (unpaired) electrons. The van der Waals surface area contributed by atoms with Crippen LogP contribution < -0.4 is 5.73 Å². The molecule has 2 heteroatoms. The van der Waals surface area contributed by atoms with Gasteiger partial charge >= 0.3 is 0 Å². The first-order valence-electron chi connectivity index (χ1n) is 5.11. The maximum absolute atomic E-state index is 5.73. The molecule has 2 rings (SSSR count). The first kappa shape index (κ1) is 10.7. The van der Waals surface area contributed by atoms with Crippen molar-refractivity contribution in [2.75, 3.05) is 6.54 Å². The van der Waals surface area contributed by atoms with E-state index in [4.69, 9.17) is 5.73 Å². The molecule has 78 valence electrons. The molecule has 0 aliphatic heterocycles. The summed E-state index contributed by atoms with van der Waals surface area (Å²) in [5.41, 5.74) is 7.05. The highest BCUT2D eigenvalue weighted by Gasteiger charge is 2.09. The largest absolute Gasteiger partial charge is 0.330 e. The predicted molar refractivity (Wildman–Crippen MR) is 69.1 cm³/mol. The van der Waals surface area contributed by atoms with Gasteiger partial charge in [0.2, 0.25) is 0 Å². The Labute approximate surface area is 98.4 Å². The van der Waals surface area contributed by atoms with Crippen molar-refractivity contribution >= 4 is 26.7 Å². The minimum atomic E-state index is 0.396. The fraction of sp³-hybridized carbons (Fsp3) is 0.231. The zero-order chi connectivity index (χ0) is 10.8. The molecule has 0 fully saturated rings. The molecular formula is C13H14BrN. The lowest BCUT2D eigenvalue weighted by Gasteiger charge is -2.13. The monoisotopic (exact) mass is 263 g/mol. The highest BCUT2D eigenvalue weighted by molar-refractivity contribution is 9.10. The van der Waals surface area contributed by atoms with Gasteiger partial charge in [0.15, 0.2) is 0 Å². The van der Waals surface area contributed by atoms with Crippen molar-refractivity contribution in [2.45, 2.75) is 12.8 Å². The van der Waals surface area contributed by atoms with Gasteiger partial charge in [0, 0.05) is 4.47 Å². The van der Waals surface area contributed by atoms with E-state index in [-0.39, 0.29) is 0 Å². The van der Waals surface area contributed by atoms with Crippen molar-refractivity contribution in [3.63, 3.8) is 0 Å². The summed E-state index contributed by atoms with van der Waals surface area (Å²) in [6.45, 7) is 2.84. The van der Waals surface area contributed by atoms with Crippen molar-refractivity contribution in [3.05, 3.63) is 46.4 Å². The Morgan fingerprint density at radius 1 is 1.20 bits per heavy atom. The van der Waals surface area contributed by atoms with Gasteiger partial charge in [0.1, 0.15) is 0 Å². The van der Waals surface area contributed by atoms with Gasteiger partial charge in [-0.05, 0) is 34.9 Å². The van der Waals surface area contributed by atoms with Crippen LogP contribution in [0.15, 0.2) is 40.9 Å². The van der Waals surface area contributed by atoms with E-state index in [1.54, 1.807) is 0 Å². The predicted octanol–water partition coefficient (Wildman–Crippen LogP) is 3.66. The van der Waals surface area contributed by atoms with Gasteiger partial charge in [-0.1, -0.05) is 53.2 Å². The second-order valence-electron chi connectivity index (χ2n) is 3.82. The number of hydrogen-bond acceptors (Lipinski definition) is 1. The van der Waals surface area contributed by atoms with Crippen LogP contribution in [0.25, 0.3) is 10.8 Å². The molecule has 0 amide bonds. The summed E-state index contributed by atoms with van der Waals surface area (Å²) in [7, 11) is 0. The molecule has 1 atom stereocenters. The number of halogens is 1. The maximum Gasteiger partial charge on any atom is 0.0256 e. The summed E-state index contributed by atoms with van der Waals surface area (Å²) in [5, 5.41) is 2.56. The zero-order valence-electron chi connectivity index (χ0n) is 8.70. The lowest BCUT2D eigenvalue weighted by molar-refractivity contribution is 0.780. The van der Waals surface area contributed by atoms with Crippen LogP contribution in [-0.4, -0.2) is 6.54 Å². The van der Waals surface area contributed by atoms with Gasteiger partial charge in [0.05, 0.1) is 0 Å². The molecule has 2 aromatic rings. The van der Waals surface area contributed by atoms with Crippen LogP contribution >= 0.6 is 15.9 Å². The van der Waals surface area contributed by atoms with Crippen LogP contribution in [0.5, 0.6) is 0 Å². The van der Waals surface area contributed by atoms with E-state index in [2.05, 4.69) is 59.3 Å². The molecule has 0 aromatic heterocycles. The Morgan fingerprint density at radius 3 is 2.53 bits per heavy atom. The van der Waals surface area contributed by atoms with E-state index in [9.17, 15) is 0 Å². The maximum atomic E-state index is 5.73. The molecule has 0 aliphatic carbocycles. The van der Waals surface area contributed by atoms with E-state index >= 15 is 0 Å². The lowest BCUT2D eigenvalue weighted by atomic mass is 9.95. The fourth-order valence-corrected chi connectivity index (χ4v) is 2.47. The highest BCUT2D eigenvalue weighted by Crippen LogP contribution is 2.31. The molecule has 0 spiro atoms. The van der Waals surface area contributed by atoms with Crippen LogP contribution in [0, 0.1) is 0 Å². The molecule has 15 heavy (non-hydrogen) atoms. The zero-order valence-corrected chi connectivity index (χ0v) is 10.3. The Bertz CT molecular complexity index is 474. The summed E-state index contributed by atoms with van der Waals surface area (Å²) in [6.07, 6.45) is 0. The van der Waals surface area contributed by atoms with Gasteiger partial charge in [-0.15, -0.1) is 0 Å². The molecule has 0 saturated carbocycles. The summed E-state index contributed by atoms with van der Waals surface area (Å²) >= 11 is 3.60. The van der Waals surface area contributed by atoms with Crippen molar-refractivity contribution in [2.24, 2.45) is 5.73 Å². The van der Waals surface area contributed by atoms with E-state index < -0.39 is 0 Å². The highest BCUT2D eigenvalue weighted by atomic mass is 79.9. The quantitative estimate of drug-likeness (QED) is 0.880. The third-order valence-electron chi connectivity index (χ3n) is 2.77. The van der Waals surface area contributed by atoms with Gasteiger partial charge in [-0.25, -0.2) is 0 Å².